The van der Waals surface area contributed by atoms with Crippen molar-refractivity contribution in [2.24, 2.45) is 7.05 Å². The second kappa shape index (κ2) is 7.49. The van der Waals surface area contributed by atoms with Crippen LogP contribution < -0.4 is 10.1 Å². The summed E-state index contributed by atoms with van der Waals surface area (Å²) in [5, 5.41) is 2.70. The minimum Gasteiger partial charge on any atom is -0.494 e. The largest absolute Gasteiger partial charge is 0.494 e. The lowest BCUT2D eigenvalue weighted by Crippen LogP contribution is -2.30. The van der Waals surface area contributed by atoms with Gasteiger partial charge >= 0.3 is 5.97 Å². The molecule has 0 fully saturated rings. The van der Waals surface area contributed by atoms with Gasteiger partial charge in [-0.2, -0.15) is 0 Å². The van der Waals surface area contributed by atoms with E-state index in [1.807, 2.05) is 6.92 Å². The molecule has 6 heteroatoms. The number of amides is 1. The van der Waals surface area contributed by atoms with Crippen LogP contribution in [0.2, 0.25) is 0 Å². The van der Waals surface area contributed by atoms with Crippen molar-refractivity contribution in [1.29, 1.82) is 0 Å². The summed E-state index contributed by atoms with van der Waals surface area (Å²) in [6, 6.07) is 10.4. The maximum Gasteiger partial charge on any atom is 0.355 e. The molecule has 2 rings (SSSR count). The summed E-state index contributed by atoms with van der Waals surface area (Å²) < 4.78 is 12.1. The van der Waals surface area contributed by atoms with Gasteiger partial charge in [0.1, 0.15) is 11.4 Å². The monoisotopic (exact) mass is 316 g/mol. The number of esters is 1. The van der Waals surface area contributed by atoms with Gasteiger partial charge in [-0.15, -0.1) is 0 Å². The van der Waals surface area contributed by atoms with Gasteiger partial charge in [-0.25, -0.2) is 4.79 Å². The Morgan fingerprint density at radius 3 is 2.48 bits per heavy atom. The molecule has 1 heterocycles. The van der Waals surface area contributed by atoms with Crippen molar-refractivity contribution in [3.05, 3.63) is 48.3 Å². The van der Waals surface area contributed by atoms with Gasteiger partial charge in [0.2, 0.25) is 0 Å². The highest BCUT2D eigenvalue weighted by atomic mass is 16.5. The molecule has 0 aliphatic carbocycles. The summed E-state index contributed by atoms with van der Waals surface area (Å²) in [6.45, 7) is 4.01. The van der Waals surface area contributed by atoms with Crippen LogP contribution in [-0.4, -0.2) is 29.2 Å². The minimum atomic E-state index is -0.899. The Hall–Kier alpha value is -2.76. The van der Waals surface area contributed by atoms with Gasteiger partial charge in [0.05, 0.1) is 6.61 Å². The number of nitrogens with one attached hydrogen (secondary N) is 1. The van der Waals surface area contributed by atoms with Crippen LogP contribution in [0.4, 0.5) is 5.69 Å². The van der Waals surface area contributed by atoms with Gasteiger partial charge in [-0.1, -0.05) is 0 Å². The number of anilines is 1. The Morgan fingerprint density at radius 2 is 1.91 bits per heavy atom. The molecule has 0 saturated carbocycles. The van der Waals surface area contributed by atoms with Gasteiger partial charge < -0.3 is 19.4 Å². The molecule has 23 heavy (non-hydrogen) atoms. The number of hydrogen-bond acceptors (Lipinski definition) is 4. The number of ether oxygens (including phenoxy) is 2. The first-order valence-electron chi connectivity index (χ1n) is 7.37. The lowest BCUT2D eigenvalue weighted by Gasteiger charge is -2.14. The van der Waals surface area contributed by atoms with E-state index in [4.69, 9.17) is 9.47 Å². The molecule has 1 aromatic heterocycles. The molecule has 0 bridgehead atoms. The summed E-state index contributed by atoms with van der Waals surface area (Å²) in [7, 11) is 1.74. The van der Waals surface area contributed by atoms with Gasteiger partial charge in [0, 0.05) is 18.9 Å². The number of rotatable bonds is 6. The SMILES string of the molecule is CCOc1ccc(NC(=O)[C@@H](C)OC(=O)c2cccn2C)cc1. The molecule has 0 unspecified atom stereocenters. The standard InChI is InChI=1S/C17H20N2O4/c1-4-22-14-9-7-13(8-10-14)18-16(20)12(2)23-17(21)15-6-5-11-19(15)3/h5-12H,4H2,1-3H3,(H,18,20)/t12-/m1/s1. The van der Waals surface area contributed by atoms with Crippen molar-refractivity contribution in [1.82, 2.24) is 4.57 Å². The Kier molecular flexibility index (Phi) is 5.41. The third-order valence-electron chi connectivity index (χ3n) is 3.24. The number of benzene rings is 1. The molecule has 0 aliphatic rings. The van der Waals surface area contributed by atoms with E-state index in [1.54, 1.807) is 54.2 Å². The number of hydrogen-bond donors (Lipinski definition) is 1. The van der Waals surface area contributed by atoms with Gasteiger partial charge in [-0.05, 0) is 50.2 Å². The van der Waals surface area contributed by atoms with Crippen LogP contribution in [0.25, 0.3) is 0 Å². The zero-order valence-electron chi connectivity index (χ0n) is 13.4. The Balaban J connectivity index is 1.92. The second-order valence-electron chi connectivity index (χ2n) is 5.00. The summed E-state index contributed by atoms with van der Waals surface area (Å²) in [5.74, 6) is -0.197. The smallest absolute Gasteiger partial charge is 0.355 e. The van der Waals surface area contributed by atoms with Crippen molar-refractivity contribution < 1.29 is 19.1 Å². The highest BCUT2D eigenvalue weighted by Gasteiger charge is 2.20. The first-order chi connectivity index (χ1) is 11.0. The van der Waals surface area contributed by atoms with Crippen LogP contribution in [0.3, 0.4) is 0 Å². The third-order valence-corrected chi connectivity index (χ3v) is 3.24. The highest BCUT2D eigenvalue weighted by Crippen LogP contribution is 2.16. The predicted molar refractivity (Wildman–Crippen MR) is 86.5 cm³/mol. The second-order valence-corrected chi connectivity index (χ2v) is 5.00. The maximum absolute atomic E-state index is 12.1. The van der Waals surface area contributed by atoms with Crippen LogP contribution in [0.5, 0.6) is 5.75 Å². The van der Waals surface area contributed by atoms with Crippen molar-refractivity contribution in [3.8, 4) is 5.75 Å². The van der Waals surface area contributed by atoms with Gasteiger partial charge in [0.15, 0.2) is 6.10 Å². The van der Waals surface area contributed by atoms with E-state index in [0.29, 0.717) is 18.0 Å². The van der Waals surface area contributed by atoms with E-state index in [9.17, 15) is 9.59 Å². The molecule has 122 valence electrons. The summed E-state index contributed by atoms with van der Waals surface area (Å²) in [6.07, 6.45) is 0.838. The fourth-order valence-electron chi connectivity index (χ4n) is 1.99. The highest BCUT2D eigenvalue weighted by molar-refractivity contribution is 5.96. The molecular weight excluding hydrogens is 296 g/mol. The predicted octanol–water partition coefficient (Wildman–Crippen LogP) is 2.61. The molecule has 1 amide bonds. The molecular formula is C17H20N2O4. The van der Waals surface area contributed by atoms with Crippen LogP contribution in [0.15, 0.2) is 42.6 Å². The molecule has 0 saturated heterocycles. The van der Waals surface area contributed by atoms with Crippen molar-refractivity contribution in [2.75, 3.05) is 11.9 Å². The summed E-state index contributed by atoms with van der Waals surface area (Å²) in [5.41, 5.74) is 1.01. The number of aryl methyl sites for hydroxylation is 1. The Morgan fingerprint density at radius 1 is 1.22 bits per heavy atom. The van der Waals surface area contributed by atoms with Crippen molar-refractivity contribution >= 4 is 17.6 Å². The Bertz CT molecular complexity index is 676. The molecule has 6 nitrogen and oxygen atoms in total. The summed E-state index contributed by atoms with van der Waals surface area (Å²) >= 11 is 0. The van der Waals surface area contributed by atoms with E-state index in [0.717, 1.165) is 5.75 Å². The molecule has 2 aromatic rings. The summed E-state index contributed by atoms with van der Waals surface area (Å²) in [4.78, 5) is 24.1. The van der Waals surface area contributed by atoms with Crippen molar-refractivity contribution in [2.45, 2.75) is 20.0 Å². The molecule has 1 aromatic carbocycles. The lowest BCUT2D eigenvalue weighted by molar-refractivity contribution is -0.123. The molecule has 0 spiro atoms. The first kappa shape index (κ1) is 16.6. The number of carbonyl (C=O) groups excluding carboxylic acids is 2. The van der Waals surface area contributed by atoms with E-state index in [-0.39, 0.29) is 0 Å². The van der Waals surface area contributed by atoms with E-state index < -0.39 is 18.0 Å². The first-order valence-corrected chi connectivity index (χ1v) is 7.37. The van der Waals surface area contributed by atoms with Crippen LogP contribution in [-0.2, 0) is 16.6 Å². The minimum absolute atomic E-state index is 0.392. The topological polar surface area (TPSA) is 69.6 Å². The average molecular weight is 316 g/mol. The fraction of sp³-hybridized carbons (Fsp3) is 0.294. The van der Waals surface area contributed by atoms with Crippen molar-refractivity contribution in [3.63, 3.8) is 0 Å². The zero-order chi connectivity index (χ0) is 16.8. The molecule has 1 atom stereocenters. The van der Waals surface area contributed by atoms with Crippen LogP contribution >= 0.6 is 0 Å². The Labute approximate surface area is 135 Å². The number of aromatic nitrogens is 1. The van der Waals surface area contributed by atoms with Gasteiger partial charge in [-0.3, -0.25) is 4.79 Å². The van der Waals surface area contributed by atoms with E-state index >= 15 is 0 Å². The lowest BCUT2D eigenvalue weighted by atomic mass is 10.3. The maximum atomic E-state index is 12.1. The third kappa shape index (κ3) is 4.35. The van der Waals surface area contributed by atoms with Gasteiger partial charge in [0.25, 0.3) is 5.91 Å². The average Bonchev–Trinajstić information content (AvgIpc) is 2.95. The fourth-order valence-corrected chi connectivity index (χ4v) is 1.99. The van der Waals surface area contributed by atoms with E-state index in [1.165, 1.54) is 6.92 Å². The quantitative estimate of drug-likeness (QED) is 0.832. The molecule has 1 N–H and O–H groups in total. The number of nitrogens with zero attached hydrogens (tertiary/aromatic N) is 1. The van der Waals surface area contributed by atoms with Crippen LogP contribution in [0, 0.1) is 0 Å². The molecule has 0 radical (unpaired) electrons. The van der Waals surface area contributed by atoms with E-state index in [2.05, 4.69) is 5.32 Å². The molecule has 0 aliphatic heterocycles. The van der Waals surface area contributed by atoms with Crippen LogP contribution in [0.1, 0.15) is 24.3 Å². The zero-order valence-corrected chi connectivity index (χ0v) is 13.4. The number of carbonyl (C=O) groups is 2. The normalized spacial score (nSPS) is 11.6.